The fraction of sp³-hybridized carbons (Fsp3) is 0.471. The third kappa shape index (κ3) is 4.43. The Bertz CT molecular complexity index is 737. The average molecular weight is 386 g/mol. The van der Waals surface area contributed by atoms with Crippen LogP contribution in [0.1, 0.15) is 5.01 Å². The third-order valence-corrected chi connectivity index (χ3v) is 5.34. The quantitative estimate of drug-likeness (QED) is 0.532. The van der Waals surface area contributed by atoms with E-state index in [-0.39, 0.29) is 5.57 Å². The summed E-state index contributed by atoms with van der Waals surface area (Å²) in [5.74, 6) is 0. The fourth-order valence-corrected chi connectivity index (χ4v) is 3.86. The van der Waals surface area contributed by atoms with Gasteiger partial charge in [0.2, 0.25) is 0 Å². The van der Waals surface area contributed by atoms with Gasteiger partial charge in [-0.3, -0.25) is 0 Å². The Morgan fingerprint density at radius 3 is 2.69 bits per heavy atom. The number of hydrogen-bond donors (Lipinski definition) is 4. The summed E-state index contributed by atoms with van der Waals surface area (Å²) >= 11 is 1.58. The van der Waals surface area contributed by atoms with Crippen LogP contribution in [-0.4, -0.2) is 64.4 Å². The maximum Gasteiger partial charge on any atom is 0.345 e. The number of aliphatic hydroxyl groups is 3. The fourth-order valence-electron chi connectivity index (χ4n) is 2.89. The highest BCUT2D eigenvalue weighted by Crippen LogP contribution is 2.23. The van der Waals surface area contributed by atoms with Gasteiger partial charge in [0.25, 0.3) is 0 Å². The molecule has 9 heteroatoms. The number of benzene rings is 1. The predicted molar refractivity (Wildman–Crippen MR) is 93.2 cm³/mol. The summed E-state index contributed by atoms with van der Waals surface area (Å²) in [6.07, 6.45) is -2.13. The maximum atomic E-state index is 12.2. The van der Waals surface area contributed by atoms with Gasteiger partial charge in [-0.25, -0.2) is 4.98 Å². The molecular formula is C17H20F2N2O4S. The van der Waals surface area contributed by atoms with Crippen molar-refractivity contribution >= 4 is 21.6 Å². The SMILES string of the molecule is O[C@@H]1[C@@H](O)[C@@H](O)C(COC(F)F)=C[C@H]1NCCc1nc2ccccc2s1. The molecule has 0 radical (unpaired) electrons. The van der Waals surface area contributed by atoms with Gasteiger partial charge < -0.3 is 25.4 Å². The molecule has 3 rings (SSSR count). The smallest absolute Gasteiger partial charge is 0.345 e. The maximum absolute atomic E-state index is 12.2. The number of para-hydroxylation sites is 1. The Kier molecular flexibility index (Phi) is 6.28. The van der Waals surface area contributed by atoms with E-state index in [0.29, 0.717) is 13.0 Å². The molecule has 0 amide bonds. The van der Waals surface area contributed by atoms with Crippen molar-refractivity contribution in [3.05, 3.63) is 40.9 Å². The first-order valence-corrected chi connectivity index (χ1v) is 8.99. The van der Waals surface area contributed by atoms with Gasteiger partial charge in [0, 0.05) is 13.0 Å². The lowest BCUT2D eigenvalue weighted by molar-refractivity contribution is -0.129. The first-order chi connectivity index (χ1) is 12.5. The molecule has 0 bridgehead atoms. The molecule has 1 aliphatic rings. The Morgan fingerprint density at radius 2 is 1.96 bits per heavy atom. The molecule has 1 heterocycles. The van der Waals surface area contributed by atoms with Crippen LogP contribution in [0.25, 0.3) is 10.2 Å². The number of halogens is 2. The van der Waals surface area contributed by atoms with Gasteiger partial charge in [-0.2, -0.15) is 8.78 Å². The zero-order valence-corrected chi connectivity index (χ0v) is 14.6. The summed E-state index contributed by atoms with van der Waals surface area (Å²) in [7, 11) is 0. The minimum Gasteiger partial charge on any atom is -0.388 e. The lowest BCUT2D eigenvalue weighted by atomic mass is 9.88. The van der Waals surface area contributed by atoms with Gasteiger partial charge in [0.15, 0.2) is 0 Å². The molecule has 6 nitrogen and oxygen atoms in total. The van der Waals surface area contributed by atoms with E-state index in [1.54, 1.807) is 11.3 Å². The van der Waals surface area contributed by atoms with E-state index in [4.69, 9.17) is 0 Å². The largest absolute Gasteiger partial charge is 0.388 e. The number of thiazole rings is 1. The predicted octanol–water partition coefficient (Wildman–Crippen LogP) is 1.06. The molecule has 1 aromatic carbocycles. The van der Waals surface area contributed by atoms with E-state index in [1.165, 1.54) is 6.08 Å². The number of rotatable bonds is 7. The van der Waals surface area contributed by atoms with Crippen molar-refractivity contribution in [2.45, 2.75) is 37.4 Å². The first-order valence-electron chi connectivity index (χ1n) is 8.18. The molecule has 142 valence electrons. The summed E-state index contributed by atoms with van der Waals surface area (Å²) in [5, 5.41) is 33.9. The third-order valence-electron chi connectivity index (χ3n) is 4.25. The van der Waals surface area contributed by atoms with Crippen molar-refractivity contribution in [3.8, 4) is 0 Å². The van der Waals surface area contributed by atoms with Crippen LogP contribution in [-0.2, 0) is 11.2 Å². The van der Waals surface area contributed by atoms with Crippen LogP contribution in [0.4, 0.5) is 8.78 Å². The van der Waals surface area contributed by atoms with Crippen LogP contribution in [0, 0.1) is 0 Å². The number of nitrogens with one attached hydrogen (secondary N) is 1. The van der Waals surface area contributed by atoms with Crippen LogP contribution < -0.4 is 5.32 Å². The molecule has 4 N–H and O–H groups in total. The van der Waals surface area contributed by atoms with Crippen LogP contribution in [0.5, 0.6) is 0 Å². The minimum absolute atomic E-state index is 0.112. The summed E-state index contributed by atoms with van der Waals surface area (Å²) in [6, 6.07) is 7.11. The summed E-state index contributed by atoms with van der Waals surface area (Å²) in [5.41, 5.74) is 1.04. The topological polar surface area (TPSA) is 94.8 Å². The number of fused-ring (bicyclic) bond motifs is 1. The Morgan fingerprint density at radius 1 is 1.19 bits per heavy atom. The molecule has 0 saturated carbocycles. The highest BCUT2D eigenvalue weighted by Gasteiger charge is 2.37. The van der Waals surface area contributed by atoms with Crippen molar-refractivity contribution in [2.75, 3.05) is 13.2 Å². The van der Waals surface area contributed by atoms with Gasteiger partial charge in [-0.15, -0.1) is 11.3 Å². The molecule has 1 aliphatic carbocycles. The van der Waals surface area contributed by atoms with Crippen molar-refractivity contribution in [1.29, 1.82) is 0 Å². The lowest BCUT2D eigenvalue weighted by Gasteiger charge is -2.35. The normalized spacial score (nSPS) is 26.5. The van der Waals surface area contributed by atoms with Crippen molar-refractivity contribution in [3.63, 3.8) is 0 Å². The van der Waals surface area contributed by atoms with Crippen LogP contribution in [0.15, 0.2) is 35.9 Å². The molecule has 1 aromatic heterocycles. The summed E-state index contributed by atoms with van der Waals surface area (Å²) in [4.78, 5) is 4.51. The zero-order valence-electron chi connectivity index (χ0n) is 13.8. The molecule has 0 aliphatic heterocycles. The lowest BCUT2D eigenvalue weighted by Crippen LogP contribution is -2.54. The molecule has 26 heavy (non-hydrogen) atoms. The Hall–Kier alpha value is -1.49. The Balaban J connectivity index is 1.61. The highest BCUT2D eigenvalue weighted by molar-refractivity contribution is 7.18. The number of nitrogens with zero attached hydrogens (tertiary/aromatic N) is 1. The molecule has 0 saturated heterocycles. The van der Waals surface area contributed by atoms with E-state index >= 15 is 0 Å². The molecule has 0 unspecified atom stereocenters. The van der Waals surface area contributed by atoms with Crippen molar-refractivity contribution in [2.24, 2.45) is 0 Å². The molecule has 0 fully saturated rings. The number of alkyl halides is 2. The van der Waals surface area contributed by atoms with Gasteiger partial charge in [-0.05, 0) is 17.7 Å². The van der Waals surface area contributed by atoms with Gasteiger partial charge in [0.1, 0.15) is 18.3 Å². The zero-order chi connectivity index (χ0) is 18.7. The monoisotopic (exact) mass is 386 g/mol. The minimum atomic E-state index is -2.97. The van der Waals surface area contributed by atoms with E-state index < -0.39 is 37.6 Å². The van der Waals surface area contributed by atoms with E-state index in [2.05, 4.69) is 15.0 Å². The first kappa shape index (κ1) is 19.3. The number of ether oxygens (including phenoxy) is 1. The number of hydrogen-bond acceptors (Lipinski definition) is 7. The molecule has 4 atom stereocenters. The standard InChI is InChI=1S/C17H20F2N2O4S/c18-17(19)25-8-9-7-11(15(23)16(24)14(9)22)20-6-5-13-21-10-3-1-2-4-12(10)26-13/h1-4,7,11,14-17,20,22-24H,5-6,8H2/t11-,14+,15+,16+/m1/s1. The summed E-state index contributed by atoms with van der Waals surface area (Å²) in [6.45, 7) is -3.03. The molecule has 2 aromatic rings. The Labute approximate surface area is 152 Å². The second kappa shape index (κ2) is 8.47. The van der Waals surface area contributed by atoms with Crippen molar-refractivity contribution in [1.82, 2.24) is 10.3 Å². The van der Waals surface area contributed by atoms with Crippen LogP contribution in [0.3, 0.4) is 0 Å². The summed E-state index contributed by atoms with van der Waals surface area (Å²) < 4.78 is 29.7. The van der Waals surface area contributed by atoms with E-state index in [1.807, 2.05) is 24.3 Å². The second-order valence-electron chi connectivity index (χ2n) is 6.04. The van der Waals surface area contributed by atoms with Crippen LogP contribution >= 0.6 is 11.3 Å². The van der Waals surface area contributed by atoms with E-state index in [0.717, 1.165) is 15.2 Å². The van der Waals surface area contributed by atoms with Gasteiger partial charge in [0.05, 0.1) is 27.9 Å². The average Bonchev–Trinajstić information content (AvgIpc) is 3.03. The highest BCUT2D eigenvalue weighted by atomic mass is 32.1. The molecular weight excluding hydrogens is 366 g/mol. The number of aliphatic hydroxyl groups excluding tert-OH is 3. The second-order valence-corrected chi connectivity index (χ2v) is 7.16. The van der Waals surface area contributed by atoms with E-state index in [9.17, 15) is 24.1 Å². The number of aromatic nitrogens is 1. The van der Waals surface area contributed by atoms with Gasteiger partial charge in [-0.1, -0.05) is 18.2 Å². The van der Waals surface area contributed by atoms with Crippen molar-refractivity contribution < 1.29 is 28.8 Å². The van der Waals surface area contributed by atoms with Crippen LogP contribution in [0.2, 0.25) is 0 Å². The van der Waals surface area contributed by atoms with Gasteiger partial charge >= 0.3 is 6.61 Å². The molecule has 0 spiro atoms.